The lowest BCUT2D eigenvalue weighted by Gasteiger charge is -2.32. The number of ether oxygens (including phenoxy) is 1. The van der Waals surface area contributed by atoms with Gasteiger partial charge in [-0.3, -0.25) is 14.4 Å². The number of hydrogen-bond acceptors (Lipinski definition) is 7. The van der Waals surface area contributed by atoms with Crippen molar-refractivity contribution >= 4 is 23.5 Å². The summed E-state index contributed by atoms with van der Waals surface area (Å²) >= 11 is 0. The minimum absolute atomic E-state index is 0.213. The van der Waals surface area contributed by atoms with Crippen molar-refractivity contribution in [3.05, 3.63) is 53.6 Å². The van der Waals surface area contributed by atoms with Gasteiger partial charge in [-0.15, -0.1) is 0 Å². The summed E-state index contributed by atoms with van der Waals surface area (Å²) in [6, 6.07) is 6.98. The fraction of sp³-hybridized carbons (Fsp3) is 0.517. The van der Waals surface area contributed by atoms with Crippen molar-refractivity contribution in [2.24, 2.45) is 11.7 Å². The van der Waals surface area contributed by atoms with Crippen LogP contribution in [0.3, 0.4) is 0 Å². The molecule has 11 nitrogen and oxygen atoms in total. The number of nitrogens with one attached hydrogen (secondary N) is 1. The number of aryl methyl sites for hydroxylation is 1. The Hall–Kier alpha value is -4.02. The maximum absolute atomic E-state index is 12.9. The number of carbonyl (C=O) groups is 3. The molecule has 3 heterocycles. The zero-order chi connectivity index (χ0) is 29.1. The molecule has 4 rings (SSSR count). The molecule has 3 N–H and O–H groups in total. The number of amides is 3. The molecular formula is C29H41N7O4. The molecule has 1 aromatic carbocycles. The third-order valence-electron chi connectivity index (χ3n) is 6.82. The van der Waals surface area contributed by atoms with E-state index in [1.807, 2.05) is 18.2 Å². The Kier molecular flexibility index (Phi) is 11.4. The highest BCUT2D eigenvalue weighted by Gasteiger charge is 2.30. The predicted octanol–water partition coefficient (Wildman–Crippen LogP) is 2.84. The molecule has 0 saturated carbocycles. The summed E-state index contributed by atoms with van der Waals surface area (Å²) < 4.78 is 7.85. The topological polar surface area (TPSA) is 145 Å². The largest absolute Gasteiger partial charge is 0.493 e. The lowest BCUT2D eigenvalue weighted by atomic mass is 9.97. The van der Waals surface area contributed by atoms with Crippen LogP contribution in [0.1, 0.15) is 70.2 Å². The Bertz CT molecular complexity index is 1280. The lowest BCUT2D eigenvalue weighted by molar-refractivity contribution is -0.138. The summed E-state index contributed by atoms with van der Waals surface area (Å²) in [5, 5.41) is 6.58. The molecule has 0 radical (unpaired) electrons. The van der Waals surface area contributed by atoms with E-state index < -0.39 is 11.9 Å². The van der Waals surface area contributed by atoms with E-state index in [-0.39, 0.29) is 18.2 Å². The monoisotopic (exact) mass is 551 g/mol. The number of hydrogen-bond donors (Lipinski definition) is 2. The van der Waals surface area contributed by atoms with Gasteiger partial charge in [0.2, 0.25) is 17.7 Å². The molecule has 40 heavy (non-hydrogen) atoms. The van der Waals surface area contributed by atoms with E-state index in [4.69, 9.17) is 10.5 Å². The van der Waals surface area contributed by atoms with Crippen LogP contribution in [-0.4, -0.2) is 61.4 Å². The average Bonchev–Trinajstić information content (AvgIpc) is 3.43. The van der Waals surface area contributed by atoms with Crippen molar-refractivity contribution in [2.75, 3.05) is 13.2 Å². The number of rotatable bonds is 11. The zero-order valence-corrected chi connectivity index (χ0v) is 23.9. The number of benzene rings is 1. The summed E-state index contributed by atoms with van der Waals surface area (Å²) in [7, 11) is 0. The second-order valence-corrected chi connectivity index (χ2v) is 10.1. The molecule has 0 fully saturated rings. The van der Waals surface area contributed by atoms with Crippen LogP contribution < -0.4 is 15.8 Å². The highest BCUT2D eigenvalue weighted by Crippen LogP contribution is 2.29. The van der Waals surface area contributed by atoms with Crippen molar-refractivity contribution < 1.29 is 19.1 Å². The maximum Gasteiger partial charge on any atom is 0.252 e. The van der Waals surface area contributed by atoms with Gasteiger partial charge in [-0.2, -0.15) is 10.1 Å². The number of nitrogens with two attached hydrogens (primary N) is 1. The van der Waals surface area contributed by atoms with Gasteiger partial charge in [-0.05, 0) is 42.9 Å². The van der Waals surface area contributed by atoms with Gasteiger partial charge in [0.1, 0.15) is 18.1 Å². The Morgan fingerprint density at radius 1 is 1.18 bits per heavy atom. The van der Waals surface area contributed by atoms with Crippen LogP contribution in [0.5, 0.6) is 5.75 Å². The number of carbonyl (C=O) groups excluding carboxylic acids is 3. The second kappa shape index (κ2) is 14.9. The second-order valence-electron chi connectivity index (χ2n) is 10.1. The Labute approximate surface area is 235 Å². The number of nitrogens with zero attached hydrogens (tertiary/aromatic N) is 5. The van der Waals surface area contributed by atoms with Gasteiger partial charge in [0.25, 0.3) is 5.78 Å². The van der Waals surface area contributed by atoms with Crippen LogP contribution in [-0.2, 0) is 33.8 Å². The highest BCUT2D eigenvalue weighted by atomic mass is 16.5. The molecule has 0 saturated heterocycles. The summed E-state index contributed by atoms with van der Waals surface area (Å²) in [6.07, 6.45) is 8.18. The molecule has 0 spiro atoms. The molecule has 2 atom stereocenters. The van der Waals surface area contributed by atoms with Gasteiger partial charge in [0.15, 0.2) is 0 Å². The molecule has 3 aromatic rings. The first-order valence-corrected chi connectivity index (χ1v) is 13.9. The number of aromatic nitrogens is 4. The summed E-state index contributed by atoms with van der Waals surface area (Å²) in [5.74, 6) is 0.646. The molecule has 1 aliphatic rings. The first-order valence-electron chi connectivity index (χ1n) is 13.9. The molecule has 0 aliphatic carbocycles. The Balaban J connectivity index is 0.000000330. The van der Waals surface area contributed by atoms with Crippen molar-refractivity contribution in [1.82, 2.24) is 29.8 Å². The standard InChI is InChI=1S/C22H33N3O4.C7H8N4/c1-4-5-7-15(2)14-29-20-9-6-8-17-10-11-25(13-18(17)20)22(28)19(12-21(23)27)24-16(3)26;1-2-6-3-4-8-7-9-5-10-11(6)7/h6,8-9,15,19H,4-5,7,10-14H2,1-3H3,(H2,23,27)(H,24,26);3-5H,2H2,1H3/t15-,19?;/m1./s1. The highest BCUT2D eigenvalue weighted by molar-refractivity contribution is 5.91. The van der Waals surface area contributed by atoms with Crippen LogP contribution in [0.4, 0.5) is 0 Å². The Morgan fingerprint density at radius 2 is 1.98 bits per heavy atom. The van der Waals surface area contributed by atoms with Crippen molar-refractivity contribution in [2.45, 2.75) is 78.8 Å². The molecule has 11 heteroatoms. The zero-order valence-electron chi connectivity index (χ0n) is 23.9. The summed E-state index contributed by atoms with van der Waals surface area (Å²) in [6.45, 7) is 9.32. The molecular weight excluding hydrogens is 510 g/mol. The third kappa shape index (κ3) is 8.49. The van der Waals surface area contributed by atoms with Gasteiger partial charge in [0.05, 0.1) is 13.0 Å². The van der Waals surface area contributed by atoms with E-state index in [9.17, 15) is 14.4 Å². The van der Waals surface area contributed by atoms with Crippen molar-refractivity contribution in [3.8, 4) is 5.75 Å². The molecule has 3 amide bonds. The lowest BCUT2D eigenvalue weighted by Crippen LogP contribution is -2.50. The molecule has 0 bridgehead atoms. The third-order valence-corrected chi connectivity index (χ3v) is 6.82. The Morgan fingerprint density at radius 3 is 2.67 bits per heavy atom. The van der Waals surface area contributed by atoms with E-state index >= 15 is 0 Å². The predicted molar refractivity (Wildman–Crippen MR) is 151 cm³/mol. The van der Waals surface area contributed by atoms with E-state index in [0.717, 1.165) is 29.8 Å². The SMILES string of the molecule is CCCC[C@@H](C)COc1cccc2c1CN(C(=O)C(CC(N)=O)NC(C)=O)CC2.CCc1ccnc2ncnn12. The average molecular weight is 552 g/mol. The van der Waals surface area contributed by atoms with Crippen molar-refractivity contribution in [1.29, 1.82) is 0 Å². The number of primary amides is 1. The summed E-state index contributed by atoms with van der Waals surface area (Å²) in [4.78, 5) is 45.4. The number of unbranched alkanes of at least 4 members (excludes halogenated alkanes) is 1. The molecule has 216 valence electrons. The van der Waals surface area contributed by atoms with Gasteiger partial charge in [-0.1, -0.05) is 45.7 Å². The van der Waals surface area contributed by atoms with E-state index in [1.165, 1.54) is 31.7 Å². The van der Waals surface area contributed by atoms with Gasteiger partial charge >= 0.3 is 0 Å². The van der Waals surface area contributed by atoms with Crippen LogP contribution >= 0.6 is 0 Å². The number of fused-ring (bicyclic) bond motifs is 2. The maximum atomic E-state index is 12.9. The van der Waals surface area contributed by atoms with Crippen LogP contribution in [0.2, 0.25) is 0 Å². The smallest absolute Gasteiger partial charge is 0.252 e. The molecule has 1 aliphatic heterocycles. The molecule has 1 unspecified atom stereocenters. The van der Waals surface area contributed by atoms with Crippen LogP contribution in [0.25, 0.3) is 5.78 Å². The fourth-order valence-corrected chi connectivity index (χ4v) is 4.66. The normalized spacial score (nSPS) is 13.9. The van der Waals surface area contributed by atoms with Gasteiger partial charge in [-0.25, -0.2) is 9.50 Å². The van der Waals surface area contributed by atoms with E-state index in [0.29, 0.717) is 37.8 Å². The first-order chi connectivity index (χ1) is 19.2. The first kappa shape index (κ1) is 30.5. The molecule has 2 aromatic heterocycles. The van der Waals surface area contributed by atoms with Gasteiger partial charge < -0.3 is 20.7 Å². The van der Waals surface area contributed by atoms with Crippen LogP contribution in [0.15, 0.2) is 36.8 Å². The van der Waals surface area contributed by atoms with Gasteiger partial charge in [0, 0.05) is 37.5 Å². The quantitative estimate of drug-likeness (QED) is 0.373. The fourth-order valence-electron chi connectivity index (χ4n) is 4.66. The van der Waals surface area contributed by atoms with E-state index in [2.05, 4.69) is 47.2 Å². The minimum atomic E-state index is -0.936. The van der Waals surface area contributed by atoms with E-state index in [1.54, 1.807) is 15.6 Å². The van der Waals surface area contributed by atoms with Crippen molar-refractivity contribution in [3.63, 3.8) is 0 Å². The summed E-state index contributed by atoms with van der Waals surface area (Å²) in [5.41, 5.74) is 8.55. The minimum Gasteiger partial charge on any atom is -0.493 e. The van der Waals surface area contributed by atoms with Crippen LogP contribution in [0, 0.1) is 5.92 Å².